The standard InChI is InChI=1S/C11H7BrClNOS/c12-10-6-5-9(15-10)11(16)14-8-3-1-7(13)2-4-8/h1-6H,(H,14,16). The van der Waals surface area contributed by atoms with Gasteiger partial charge < -0.3 is 9.73 Å². The number of hydrogen-bond acceptors (Lipinski definition) is 2. The second-order valence-electron chi connectivity index (χ2n) is 3.06. The first-order valence-electron chi connectivity index (χ1n) is 4.47. The molecule has 1 aromatic heterocycles. The van der Waals surface area contributed by atoms with Crippen molar-refractivity contribution in [2.75, 3.05) is 5.32 Å². The lowest BCUT2D eigenvalue weighted by Crippen LogP contribution is -2.09. The molecule has 2 nitrogen and oxygen atoms in total. The van der Waals surface area contributed by atoms with Gasteiger partial charge in [0, 0.05) is 10.7 Å². The third-order valence-electron chi connectivity index (χ3n) is 1.90. The summed E-state index contributed by atoms with van der Waals surface area (Å²) in [6.07, 6.45) is 0. The highest BCUT2D eigenvalue weighted by Gasteiger charge is 2.06. The molecule has 2 aromatic rings. The van der Waals surface area contributed by atoms with Crippen molar-refractivity contribution < 1.29 is 4.42 Å². The van der Waals surface area contributed by atoms with Crippen molar-refractivity contribution in [2.45, 2.75) is 0 Å². The average molecular weight is 317 g/mol. The first-order valence-corrected chi connectivity index (χ1v) is 6.05. The molecule has 1 N–H and O–H groups in total. The molecule has 0 bridgehead atoms. The van der Waals surface area contributed by atoms with Crippen LogP contribution in [0.5, 0.6) is 0 Å². The molecule has 0 fully saturated rings. The Hall–Kier alpha value is -0.840. The van der Waals surface area contributed by atoms with E-state index in [4.69, 9.17) is 28.2 Å². The molecule has 5 heteroatoms. The Kier molecular flexibility index (Phi) is 3.63. The number of anilines is 1. The van der Waals surface area contributed by atoms with Crippen LogP contribution in [0.2, 0.25) is 5.02 Å². The Morgan fingerprint density at radius 1 is 1.19 bits per heavy atom. The molecule has 0 amide bonds. The molecule has 16 heavy (non-hydrogen) atoms. The predicted molar refractivity (Wildman–Crippen MR) is 73.2 cm³/mol. The van der Waals surface area contributed by atoms with Crippen molar-refractivity contribution in [1.29, 1.82) is 0 Å². The molecule has 0 unspecified atom stereocenters. The Labute approximate surface area is 112 Å². The Bertz CT molecular complexity index is 509. The van der Waals surface area contributed by atoms with Crippen LogP contribution in [0.15, 0.2) is 45.5 Å². The van der Waals surface area contributed by atoms with Crippen LogP contribution in [0, 0.1) is 0 Å². The van der Waals surface area contributed by atoms with Crippen LogP contribution < -0.4 is 5.32 Å². The third-order valence-corrected chi connectivity index (χ3v) is 2.88. The van der Waals surface area contributed by atoms with Gasteiger partial charge in [0.15, 0.2) is 10.4 Å². The molecule has 0 aliphatic heterocycles. The Morgan fingerprint density at radius 3 is 2.44 bits per heavy atom. The SMILES string of the molecule is S=C(Nc1ccc(Cl)cc1)c1ccc(Br)o1. The topological polar surface area (TPSA) is 25.2 Å². The van der Waals surface area contributed by atoms with Crippen molar-refractivity contribution in [2.24, 2.45) is 0 Å². The largest absolute Gasteiger partial charge is 0.447 e. The number of nitrogens with one attached hydrogen (secondary N) is 1. The zero-order valence-electron chi connectivity index (χ0n) is 8.04. The van der Waals surface area contributed by atoms with Crippen molar-refractivity contribution >= 4 is 50.4 Å². The number of halogens is 2. The summed E-state index contributed by atoms with van der Waals surface area (Å²) >= 11 is 14.2. The lowest BCUT2D eigenvalue weighted by Gasteiger charge is -2.05. The maximum Gasteiger partial charge on any atom is 0.170 e. The maximum atomic E-state index is 5.78. The lowest BCUT2D eigenvalue weighted by atomic mass is 10.3. The fourth-order valence-electron chi connectivity index (χ4n) is 1.16. The predicted octanol–water partition coefficient (Wildman–Crippen LogP) is 4.48. The van der Waals surface area contributed by atoms with E-state index in [2.05, 4.69) is 21.2 Å². The Morgan fingerprint density at radius 2 is 1.88 bits per heavy atom. The summed E-state index contributed by atoms with van der Waals surface area (Å²) in [4.78, 5) is 0.535. The van der Waals surface area contributed by atoms with E-state index in [1.807, 2.05) is 12.1 Å². The number of rotatable bonds is 2. The second-order valence-corrected chi connectivity index (χ2v) is 4.69. The van der Waals surface area contributed by atoms with E-state index < -0.39 is 0 Å². The normalized spacial score (nSPS) is 10.1. The molecule has 0 radical (unpaired) electrons. The minimum Gasteiger partial charge on any atom is -0.447 e. The summed E-state index contributed by atoms with van der Waals surface area (Å²) in [5.41, 5.74) is 0.877. The molecule has 0 aliphatic carbocycles. The highest BCUT2D eigenvalue weighted by molar-refractivity contribution is 9.10. The minimum atomic E-state index is 0.535. The summed E-state index contributed by atoms with van der Waals surface area (Å²) in [5, 5.41) is 3.75. The van der Waals surface area contributed by atoms with Gasteiger partial charge in [-0.2, -0.15) is 0 Å². The average Bonchev–Trinajstić information content (AvgIpc) is 2.68. The van der Waals surface area contributed by atoms with Crippen LogP contribution in [-0.2, 0) is 0 Å². The third kappa shape index (κ3) is 2.84. The molecule has 0 saturated carbocycles. The van der Waals surface area contributed by atoms with E-state index >= 15 is 0 Å². The van der Waals surface area contributed by atoms with Crippen LogP contribution in [-0.4, -0.2) is 4.99 Å². The van der Waals surface area contributed by atoms with E-state index in [-0.39, 0.29) is 0 Å². The summed E-state index contributed by atoms with van der Waals surface area (Å²) in [5.74, 6) is 0.622. The fraction of sp³-hybridized carbons (Fsp3) is 0. The molecule has 0 spiro atoms. The second kappa shape index (κ2) is 4.99. The molecule has 0 saturated heterocycles. The number of thiocarbonyl (C=S) groups is 1. The van der Waals surface area contributed by atoms with Gasteiger partial charge in [-0.05, 0) is 52.3 Å². The van der Waals surface area contributed by atoms with Gasteiger partial charge in [0.25, 0.3) is 0 Å². The van der Waals surface area contributed by atoms with Crippen molar-refractivity contribution in [3.63, 3.8) is 0 Å². The summed E-state index contributed by atoms with van der Waals surface area (Å²) in [6.45, 7) is 0. The zero-order chi connectivity index (χ0) is 11.5. The van der Waals surface area contributed by atoms with E-state index in [1.54, 1.807) is 24.3 Å². The maximum absolute atomic E-state index is 5.78. The minimum absolute atomic E-state index is 0.535. The first-order chi connectivity index (χ1) is 7.65. The van der Waals surface area contributed by atoms with E-state index in [0.717, 1.165) is 5.69 Å². The van der Waals surface area contributed by atoms with Gasteiger partial charge in [-0.3, -0.25) is 0 Å². The Balaban J connectivity index is 2.10. The number of furan rings is 1. The molecule has 0 atom stereocenters. The van der Waals surface area contributed by atoms with E-state index in [0.29, 0.717) is 20.4 Å². The molecule has 82 valence electrons. The van der Waals surface area contributed by atoms with E-state index in [1.165, 1.54) is 0 Å². The summed E-state index contributed by atoms with van der Waals surface area (Å²) in [7, 11) is 0. The fourth-order valence-corrected chi connectivity index (χ4v) is 1.82. The van der Waals surface area contributed by atoms with Gasteiger partial charge in [-0.1, -0.05) is 23.8 Å². The highest BCUT2D eigenvalue weighted by Crippen LogP contribution is 2.18. The smallest absolute Gasteiger partial charge is 0.170 e. The number of benzene rings is 1. The van der Waals surface area contributed by atoms with Gasteiger partial charge in [0.05, 0.1) is 0 Å². The molecule has 0 aliphatic rings. The number of hydrogen-bond donors (Lipinski definition) is 1. The molecule has 1 heterocycles. The van der Waals surface area contributed by atoms with Crippen LogP contribution in [0.3, 0.4) is 0 Å². The molecule has 1 aromatic carbocycles. The van der Waals surface area contributed by atoms with Crippen LogP contribution >= 0.6 is 39.7 Å². The van der Waals surface area contributed by atoms with Gasteiger partial charge in [0.2, 0.25) is 0 Å². The summed E-state index contributed by atoms with van der Waals surface area (Å²) < 4.78 is 5.98. The highest BCUT2D eigenvalue weighted by atomic mass is 79.9. The molecular formula is C11H7BrClNOS. The van der Waals surface area contributed by atoms with Crippen molar-refractivity contribution in [3.05, 3.63) is 51.9 Å². The quantitative estimate of drug-likeness (QED) is 0.827. The van der Waals surface area contributed by atoms with Crippen molar-refractivity contribution in [1.82, 2.24) is 0 Å². The van der Waals surface area contributed by atoms with Gasteiger partial charge in [-0.25, -0.2) is 0 Å². The van der Waals surface area contributed by atoms with Gasteiger partial charge >= 0.3 is 0 Å². The monoisotopic (exact) mass is 315 g/mol. The van der Waals surface area contributed by atoms with Crippen LogP contribution in [0.25, 0.3) is 0 Å². The zero-order valence-corrected chi connectivity index (χ0v) is 11.2. The van der Waals surface area contributed by atoms with Crippen LogP contribution in [0.1, 0.15) is 5.76 Å². The van der Waals surface area contributed by atoms with Crippen LogP contribution in [0.4, 0.5) is 5.69 Å². The lowest BCUT2D eigenvalue weighted by molar-refractivity contribution is 0.533. The van der Waals surface area contributed by atoms with Gasteiger partial charge in [0.1, 0.15) is 4.99 Å². The van der Waals surface area contributed by atoms with Gasteiger partial charge in [-0.15, -0.1) is 0 Å². The molecular weight excluding hydrogens is 310 g/mol. The van der Waals surface area contributed by atoms with Crippen molar-refractivity contribution in [3.8, 4) is 0 Å². The first kappa shape index (κ1) is 11.6. The summed E-state index contributed by atoms with van der Waals surface area (Å²) in [6, 6.07) is 10.9. The molecule has 2 rings (SSSR count). The van der Waals surface area contributed by atoms with E-state index in [9.17, 15) is 0 Å².